The summed E-state index contributed by atoms with van der Waals surface area (Å²) in [5, 5.41) is 0.868. The topological polar surface area (TPSA) is 52.3 Å². The third-order valence-corrected chi connectivity index (χ3v) is 1.71. The molecule has 0 aliphatic carbocycles. The van der Waals surface area contributed by atoms with Gasteiger partial charge < -0.3 is 9.15 Å². The van der Waals surface area contributed by atoms with Crippen LogP contribution in [0.15, 0.2) is 28.9 Å². The number of carbonyl (C=O) groups is 1. The number of nitrogens with zero attached hydrogens (tertiary/aromatic N) is 1. The summed E-state index contributed by atoms with van der Waals surface area (Å²) in [6, 6.07) is 5.14. The summed E-state index contributed by atoms with van der Waals surface area (Å²) in [4.78, 5) is 15.0. The molecule has 15 heavy (non-hydrogen) atoms. The lowest BCUT2D eigenvalue weighted by Crippen LogP contribution is -2.03. The van der Waals surface area contributed by atoms with Gasteiger partial charge in [-0.05, 0) is 18.2 Å². The lowest BCUT2D eigenvalue weighted by molar-refractivity contribution is 0.0594. The van der Waals surface area contributed by atoms with E-state index in [1.54, 1.807) is 18.2 Å². The van der Waals surface area contributed by atoms with Crippen LogP contribution in [0.2, 0.25) is 0 Å². The van der Waals surface area contributed by atoms with Crippen LogP contribution < -0.4 is 0 Å². The van der Waals surface area contributed by atoms with Gasteiger partial charge in [0.15, 0.2) is 5.69 Å². The Balaban J connectivity index is 0.000000531. The van der Waals surface area contributed by atoms with Crippen LogP contribution in [0.25, 0.3) is 11.1 Å². The summed E-state index contributed by atoms with van der Waals surface area (Å²) in [7, 11) is 1.32. The average molecular weight is 207 g/mol. The van der Waals surface area contributed by atoms with Gasteiger partial charge in [0, 0.05) is 5.39 Å². The molecular weight excluding hydrogens is 194 g/mol. The third-order valence-electron chi connectivity index (χ3n) is 1.71. The van der Waals surface area contributed by atoms with Crippen molar-refractivity contribution in [2.45, 2.75) is 13.8 Å². The SMILES string of the molecule is CC.COC(=O)c1ccc2ccoc2n1. The van der Waals surface area contributed by atoms with Crippen molar-refractivity contribution in [3.63, 3.8) is 0 Å². The molecule has 0 saturated heterocycles. The highest BCUT2D eigenvalue weighted by atomic mass is 16.5. The minimum Gasteiger partial charge on any atom is -0.464 e. The lowest BCUT2D eigenvalue weighted by Gasteiger charge is -1.96. The van der Waals surface area contributed by atoms with E-state index in [9.17, 15) is 4.79 Å². The standard InChI is InChI=1S/C9H7NO3.C2H6/c1-12-9(11)7-3-2-6-4-5-13-8(6)10-7;1-2/h2-5H,1H3;1-2H3. The van der Waals surface area contributed by atoms with Crippen molar-refractivity contribution in [1.29, 1.82) is 0 Å². The molecule has 0 atom stereocenters. The zero-order chi connectivity index (χ0) is 11.3. The van der Waals surface area contributed by atoms with Gasteiger partial charge >= 0.3 is 5.97 Å². The monoisotopic (exact) mass is 207 g/mol. The van der Waals surface area contributed by atoms with Crippen molar-refractivity contribution in [3.8, 4) is 0 Å². The Kier molecular flexibility index (Phi) is 3.85. The van der Waals surface area contributed by atoms with Gasteiger partial charge in [-0.1, -0.05) is 13.8 Å². The summed E-state index contributed by atoms with van der Waals surface area (Å²) in [5.41, 5.74) is 0.702. The molecule has 2 aromatic rings. The highest BCUT2D eigenvalue weighted by molar-refractivity contribution is 5.89. The molecule has 0 aliphatic heterocycles. The van der Waals surface area contributed by atoms with Crippen LogP contribution in [-0.4, -0.2) is 18.1 Å². The van der Waals surface area contributed by atoms with E-state index in [2.05, 4.69) is 9.72 Å². The molecule has 4 nitrogen and oxygen atoms in total. The quantitative estimate of drug-likeness (QED) is 0.674. The Labute approximate surface area is 87.9 Å². The molecular formula is C11H13NO3. The maximum absolute atomic E-state index is 11.1. The first kappa shape index (κ1) is 11.2. The first-order chi connectivity index (χ1) is 7.31. The number of furan rings is 1. The van der Waals surface area contributed by atoms with Crippen molar-refractivity contribution in [3.05, 3.63) is 30.2 Å². The van der Waals surface area contributed by atoms with E-state index < -0.39 is 5.97 Å². The number of hydrogen-bond donors (Lipinski definition) is 0. The average Bonchev–Trinajstić information content (AvgIpc) is 2.77. The van der Waals surface area contributed by atoms with E-state index in [-0.39, 0.29) is 5.69 Å². The van der Waals surface area contributed by atoms with Crippen LogP contribution in [0.1, 0.15) is 24.3 Å². The first-order valence-corrected chi connectivity index (χ1v) is 4.74. The fourth-order valence-electron chi connectivity index (χ4n) is 1.06. The van der Waals surface area contributed by atoms with Gasteiger partial charge in [0.1, 0.15) is 0 Å². The molecule has 0 aliphatic rings. The van der Waals surface area contributed by atoms with Crippen molar-refractivity contribution >= 4 is 17.1 Å². The van der Waals surface area contributed by atoms with Gasteiger partial charge in [0.25, 0.3) is 0 Å². The normalized spacial score (nSPS) is 9.27. The molecule has 0 spiro atoms. The molecule has 0 fully saturated rings. The number of aromatic nitrogens is 1. The molecule has 0 saturated carbocycles. The zero-order valence-electron chi connectivity index (χ0n) is 8.98. The van der Waals surface area contributed by atoms with E-state index in [0.717, 1.165) is 5.39 Å². The Morgan fingerprint density at radius 1 is 1.33 bits per heavy atom. The summed E-state index contributed by atoms with van der Waals surface area (Å²) < 4.78 is 9.55. The number of hydrogen-bond acceptors (Lipinski definition) is 4. The lowest BCUT2D eigenvalue weighted by atomic mass is 10.3. The summed E-state index contributed by atoms with van der Waals surface area (Å²) in [6.45, 7) is 4.00. The molecule has 0 unspecified atom stereocenters. The van der Waals surface area contributed by atoms with Gasteiger partial charge in [0.05, 0.1) is 13.4 Å². The predicted molar refractivity (Wildman–Crippen MR) is 56.7 cm³/mol. The van der Waals surface area contributed by atoms with Crippen molar-refractivity contribution in [1.82, 2.24) is 4.98 Å². The Morgan fingerprint density at radius 2 is 2.07 bits per heavy atom. The second-order valence-electron chi connectivity index (χ2n) is 2.50. The molecule has 0 amide bonds. The van der Waals surface area contributed by atoms with Crippen LogP contribution in [0, 0.1) is 0 Å². The molecule has 4 heteroatoms. The summed E-state index contributed by atoms with van der Waals surface area (Å²) in [6.07, 6.45) is 1.53. The number of fused-ring (bicyclic) bond motifs is 1. The van der Waals surface area contributed by atoms with Crippen molar-refractivity contribution < 1.29 is 13.9 Å². The highest BCUT2D eigenvalue weighted by Crippen LogP contribution is 2.13. The molecule has 2 aromatic heterocycles. The van der Waals surface area contributed by atoms with Crippen LogP contribution in [-0.2, 0) is 4.74 Å². The highest BCUT2D eigenvalue weighted by Gasteiger charge is 2.08. The van der Waals surface area contributed by atoms with E-state index in [4.69, 9.17) is 4.42 Å². The largest absolute Gasteiger partial charge is 0.464 e. The molecule has 0 bridgehead atoms. The smallest absolute Gasteiger partial charge is 0.356 e. The fraction of sp³-hybridized carbons (Fsp3) is 0.273. The Hall–Kier alpha value is -1.84. The molecule has 2 rings (SSSR count). The molecule has 0 aromatic carbocycles. The van der Waals surface area contributed by atoms with Gasteiger partial charge in [-0.15, -0.1) is 0 Å². The second-order valence-corrected chi connectivity index (χ2v) is 2.50. The molecule has 80 valence electrons. The molecule has 2 heterocycles. The van der Waals surface area contributed by atoms with Crippen LogP contribution in [0.3, 0.4) is 0 Å². The maximum Gasteiger partial charge on any atom is 0.356 e. The van der Waals surface area contributed by atoms with Gasteiger partial charge in [-0.2, -0.15) is 0 Å². The van der Waals surface area contributed by atoms with E-state index in [1.165, 1.54) is 13.4 Å². The van der Waals surface area contributed by atoms with Gasteiger partial charge in [-0.3, -0.25) is 0 Å². The minimum absolute atomic E-state index is 0.255. The number of pyridine rings is 1. The molecule has 0 radical (unpaired) electrons. The Bertz CT molecular complexity index is 448. The van der Waals surface area contributed by atoms with Crippen molar-refractivity contribution in [2.75, 3.05) is 7.11 Å². The summed E-state index contributed by atoms with van der Waals surface area (Å²) >= 11 is 0. The Morgan fingerprint density at radius 3 is 2.73 bits per heavy atom. The van der Waals surface area contributed by atoms with Crippen molar-refractivity contribution in [2.24, 2.45) is 0 Å². The predicted octanol–water partition coefficient (Wildman–Crippen LogP) is 2.64. The van der Waals surface area contributed by atoms with Gasteiger partial charge in [0.2, 0.25) is 5.71 Å². The van der Waals surface area contributed by atoms with E-state index in [0.29, 0.717) is 5.71 Å². The van der Waals surface area contributed by atoms with Crippen LogP contribution in [0.4, 0.5) is 0 Å². The number of rotatable bonds is 1. The van der Waals surface area contributed by atoms with E-state index in [1.807, 2.05) is 13.8 Å². The first-order valence-electron chi connectivity index (χ1n) is 4.74. The minimum atomic E-state index is -0.460. The van der Waals surface area contributed by atoms with Gasteiger partial charge in [-0.25, -0.2) is 9.78 Å². The fourth-order valence-corrected chi connectivity index (χ4v) is 1.06. The summed E-state index contributed by atoms with van der Waals surface area (Å²) in [5.74, 6) is -0.460. The number of esters is 1. The van der Waals surface area contributed by atoms with E-state index >= 15 is 0 Å². The number of ether oxygens (including phenoxy) is 1. The number of methoxy groups -OCH3 is 1. The zero-order valence-corrected chi connectivity index (χ0v) is 8.98. The third kappa shape index (κ3) is 2.34. The number of carbonyl (C=O) groups excluding carboxylic acids is 1. The second kappa shape index (κ2) is 5.14. The maximum atomic E-state index is 11.1. The molecule has 0 N–H and O–H groups in total. The van der Waals surface area contributed by atoms with Crippen LogP contribution in [0.5, 0.6) is 0 Å². The van der Waals surface area contributed by atoms with Crippen LogP contribution >= 0.6 is 0 Å².